The molecular formula is C26H46N2O10. The minimum absolute atomic E-state index is 0.213. The summed E-state index contributed by atoms with van der Waals surface area (Å²) in [5.74, 6) is -1.17. The van der Waals surface area contributed by atoms with Gasteiger partial charge in [-0.05, 0) is 81.1 Å². The molecule has 0 unspecified atom stereocenters. The minimum atomic E-state index is -0.969. The first kappa shape index (κ1) is 33.4. The van der Waals surface area contributed by atoms with Gasteiger partial charge in [0.05, 0.1) is 25.4 Å². The summed E-state index contributed by atoms with van der Waals surface area (Å²) in [6.45, 7) is 15.1. The Bertz CT molecular complexity index is 739. The van der Waals surface area contributed by atoms with E-state index >= 15 is 0 Å². The summed E-state index contributed by atoms with van der Waals surface area (Å²) in [5.41, 5.74) is -1.28. The van der Waals surface area contributed by atoms with E-state index in [9.17, 15) is 29.4 Å². The number of carbonyl (C=O) groups is 4. The molecule has 2 fully saturated rings. The molecule has 12 nitrogen and oxygen atoms in total. The van der Waals surface area contributed by atoms with E-state index in [2.05, 4.69) is 0 Å². The molecule has 2 rings (SSSR count). The van der Waals surface area contributed by atoms with E-state index in [4.69, 9.17) is 18.9 Å². The van der Waals surface area contributed by atoms with Crippen molar-refractivity contribution in [3.8, 4) is 0 Å². The number of ether oxygens (including phenoxy) is 4. The van der Waals surface area contributed by atoms with E-state index in [0.717, 1.165) is 0 Å². The van der Waals surface area contributed by atoms with Crippen LogP contribution in [0.5, 0.6) is 0 Å². The molecule has 2 aliphatic heterocycles. The lowest BCUT2D eigenvalue weighted by molar-refractivity contribution is -0.156. The standard InChI is InChI=1S/2C13H23NO5/c2*1-5-18-11(16)10-9(15)7-6-8-14(10)12(17)19-13(2,3)4/h2*9-10,15H,5-8H2,1-4H3/t2*9-,10+/m10/s1. The fourth-order valence-corrected chi connectivity index (χ4v) is 4.03. The molecule has 0 aromatic carbocycles. The molecule has 12 heteroatoms. The maximum Gasteiger partial charge on any atom is 0.411 e. The Balaban J connectivity index is 0.000000380. The molecule has 2 saturated heterocycles. The lowest BCUT2D eigenvalue weighted by Gasteiger charge is -2.37. The summed E-state index contributed by atoms with van der Waals surface area (Å²) in [6, 6.07) is -1.94. The number of piperidine rings is 2. The van der Waals surface area contributed by atoms with Gasteiger partial charge in [0.15, 0.2) is 12.1 Å². The molecule has 0 radical (unpaired) electrons. The average molecular weight is 547 g/mol. The first-order valence-corrected chi connectivity index (χ1v) is 13.2. The SMILES string of the molecule is CCOC(=O)[C@@H]1[C@H](O)CCCN1C(=O)OC(C)(C)C.CCOC(=O)[C@H]1[C@@H](O)CCCN1C(=O)OC(C)(C)C. The Labute approximate surface area is 225 Å². The molecule has 220 valence electrons. The van der Waals surface area contributed by atoms with Gasteiger partial charge < -0.3 is 29.2 Å². The second-order valence-corrected chi connectivity index (χ2v) is 11.2. The minimum Gasteiger partial charge on any atom is -0.464 e. The van der Waals surface area contributed by atoms with Gasteiger partial charge in [-0.15, -0.1) is 0 Å². The molecule has 2 aliphatic rings. The van der Waals surface area contributed by atoms with Gasteiger partial charge in [-0.2, -0.15) is 0 Å². The fraction of sp³-hybridized carbons (Fsp3) is 0.846. The molecule has 0 aromatic rings. The Morgan fingerprint density at radius 3 is 1.26 bits per heavy atom. The van der Waals surface area contributed by atoms with Crippen LogP contribution < -0.4 is 0 Å². The number of esters is 2. The highest BCUT2D eigenvalue weighted by molar-refractivity contribution is 5.83. The van der Waals surface area contributed by atoms with E-state index in [1.807, 2.05) is 0 Å². The summed E-state index contributed by atoms with van der Waals surface area (Å²) in [4.78, 5) is 50.4. The van der Waals surface area contributed by atoms with Crippen molar-refractivity contribution >= 4 is 24.1 Å². The highest BCUT2D eigenvalue weighted by Gasteiger charge is 2.42. The highest BCUT2D eigenvalue weighted by atomic mass is 16.6. The van der Waals surface area contributed by atoms with Gasteiger partial charge in [0, 0.05) is 13.1 Å². The zero-order valence-corrected chi connectivity index (χ0v) is 24.0. The van der Waals surface area contributed by atoms with E-state index in [1.54, 1.807) is 55.4 Å². The van der Waals surface area contributed by atoms with Crippen LogP contribution >= 0.6 is 0 Å². The van der Waals surface area contributed by atoms with Gasteiger partial charge >= 0.3 is 24.1 Å². The van der Waals surface area contributed by atoms with Crippen LogP contribution in [0.3, 0.4) is 0 Å². The molecule has 0 aromatic heterocycles. The monoisotopic (exact) mass is 546 g/mol. The smallest absolute Gasteiger partial charge is 0.411 e. The lowest BCUT2D eigenvalue weighted by atomic mass is 9.99. The third kappa shape index (κ3) is 10.6. The van der Waals surface area contributed by atoms with Crippen LogP contribution in [0.1, 0.15) is 81.1 Å². The van der Waals surface area contributed by atoms with Crippen LogP contribution in [0.4, 0.5) is 9.59 Å². The van der Waals surface area contributed by atoms with Crippen LogP contribution in [0.25, 0.3) is 0 Å². The molecule has 4 atom stereocenters. The number of rotatable bonds is 4. The molecule has 0 spiro atoms. The number of aliphatic hydroxyl groups excluding tert-OH is 2. The van der Waals surface area contributed by atoms with Crippen molar-refractivity contribution in [3.05, 3.63) is 0 Å². The molecule has 0 aliphatic carbocycles. The van der Waals surface area contributed by atoms with E-state index < -0.39 is 59.6 Å². The highest BCUT2D eigenvalue weighted by Crippen LogP contribution is 2.23. The second-order valence-electron chi connectivity index (χ2n) is 11.2. The first-order chi connectivity index (χ1) is 17.5. The third-order valence-corrected chi connectivity index (χ3v) is 5.51. The largest absolute Gasteiger partial charge is 0.464 e. The number of hydrogen-bond donors (Lipinski definition) is 2. The number of likely N-dealkylation sites (tertiary alicyclic amines) is 2. The predicted octanol–water partition coefficient (Wildman–Crippen LogP) is 2.62. The van der Waals surface area contributed by atoms with E-state index in [-0.39, 0.29) is 13.2 Å². The third-order valence-electron chi connectivity index (χ3n) is 5.51. The number of hydrogen-bond acceptors (Lipinski definition) is 10. The number of carbonyl (C=O) groups excluding carboxylic acids is 4. The van der Waals surface area contributed by atoms with Gasteiger partial charge in [0.2, 0.25) is 0 Å². The van der Waals surface area contributed by atoms with Crippen molar-refractivity contribution < 1.29 is 48.3 Å². The predicted molar refractivity (Wildman–Crippen MR) is 137 cm³/mol. The van der Waals surface area contributed by atoms with Gasteiger partial charge in [-0.1, -0.05) is 0 Å². The normalized spacial score (nSPS) is 23.9. The zero-order chi connectivity index (χ0) is 29.3. The van der Waals surface area contributed by atoms with Crippen LogP contribution in [0, 0.1) is 0 Å². The maximum absolute atomic E-state index is 12.1. The van der Waals surface area contributed by atoms with Crippen LogP contribution in [0.15, 0.2) is 0 Å². The van der Waals surface area contributed by atoms with Gasteiger partial charge in [0.1, 0.15) is 11.2 Å². The molecular weight excluding hydrogens is 500 g/mol. The quantitative estimate of drug-likeness (QED) is 0.397. The summed E-state index contributed by atoms with van der Waals surface area (Å²) in [5, 5.41) is 19.9. The fourth-order valence-electron chi connectivity index (χ4n) is 4.03. The van der Waals surface area contributed by atoms with Gasteiger partial charge in [-0.3, -0.25) is 9.80 Å². The Kier molecular flexibility index (Phi) is 12.8. The molecule has 38 heavy (non-hydrogen) atoms. The van der Waals surface area contributed by atoms with Crippen molar-refractivity contribution in [1.82, 2.24) is 9.80 Å². The molecule has 2 heterocycles. The molecule has 0 saturated carbocycles. The summed E-state index contributed by atoms with van der Waals surface area (Å²) < 4.78 is 20.3. The van der Waals surface area contributed by atoms with E-state index in [0.29, 0.717) is 38.8 Å². The van der Waals surface area contributed by atoms with Crippen molar-refractivity contribution in [2.24, 2.45) is 0 Å². The Morgan fingerprint density at radius 2 is 1.00 bits per heavy atom. The number of nitrogens with zero attached hydrogens (tertiary/aromatic N) is 2. The van der Waals surface area contributed by atoms with Crippen molar-refractivity contribution in [3.63, 3.8) is 0 Å². The Morgan fingerprint density at radius 1 is 0.684 bits per heavy atom. The first-order valence-electron chi connectivity index (χ1n) is 13.2. The van der Waals surface area contributed by atoms with Crippen molar-refractivity contribution in [2.75, 3.05) is 26.3 Å². The molecule has 2 amide bonds. The molecule has 2 N–H and O–H groups in total. The average Bonchev–Trinajstić information content (AvgIpc) is 2.77. The zero-order valence-electron chi connectivity index (χ0n) is 24.0. The second kappa shape index (κ2) is 14.5. The number of amides is 2. The van der Waals surface area contributed by atoms with Gasteiger partial charge in [0.25, 0.3) is 0 Å². The van der Waals surface area contributed by atoms with E-state index in [1.165, 1.54) is 9.80 Å². The summed E-state index contributed by atoms with van der Waals surface area (Å²) in [6.07, 6.45) is -0.771. The number of aliphatic hydroxyl groups is 2. The van der Waals surface area contributed by atoms with Crippen LogP contribution in [-0.2, 0) is 28.5 Å². The molecule has 0 bridgehead atoms. The van der Waals surface area contributed by atoms with Crippen molar-refractivity contribution in [2.45, 2.75) is 117 Å². The maximum atomic E-state index is 12.1. The van der Waals surface area contributed by atoms with Crippen LogP contribution in [0.2, 0.25) is 0 Å². The van der Waals surface area contributed by atoms with Gasteiger partial charge in [-0.25, -0.2) is 19.2 Å². The Hall–Kier alpha value is -2.60. The van der Waals surface area contributed by atoms with Crippen LogP contribution in [-0.4, -0.2) is 106 Å². The summed E-state index contributed by atoms with van der Waals surface area (Å²) >= 11 is 0. The summed E-state index contributed by atoms with van der Waals surface area (Å²) in [7, 11) is 0. The topological polar surface area (TPSA) is 152 Å². The van der Waals surface area contributed by atoms with Crippen molar-refractivity contribution in [1.29, 1.82) is 0 Å². The lowest BCUT2D eigenvalue weighted by Crippen LogP contribution is -2.56.